The molecule has 0 radical (unpaired) electrons. The van der Waals surface area contributed by atoms with Gasteiger partial charge in [0.25, 0.3) is 0 Å². The molecule has 4 nitrogen and oxygen atoms in total. The zero-order valence-corrected chi connectivity index (χ0v) is 17.6. The summed E-state index contributed by atoms with van der Waals surface area (Å²) in [6, 6.07) is 3.62. The molecule has 5 heteroatoms. The third kappa shape index (κ3) is 3.67. The third-order valence-corrected chi connectivity index (χ3v) is 7.95. The Morgan fingerprint density at radius 2 is 1.78 bits per heavy atom. The van der Waals surface area contributed by atoms with Gasteiger partial charge >= 0.3 is 0 Å². The van der Waals surface area contributed by atoms with Gasteiger partial charge in [-0.1, -0.05) is 19.9 Å². The Bertz CT molecular complexity index is 662. The van der Waals surface area contributed by atoms with Crippen LogP contribution >= 0.6 is 11.3 Å². The highest BCUT2D eigenvalue weighted by Gasteiger charge is 2.55. The van der Waals surface area contributed by atoms with Crippen molar-refractivity contribution in [3.8, 4) is 0 Å². The molecule has 4 aliphatic rings. The minimum Gasteiger partial charge on any atom is -0.344 e. The van der Waals surface area contributed by atoms with Crippen molar-refractivity contribution >= 4 is 23.2 Å². The van der Waals surface area contributed by atoms with E-state index in [0.29, 0.717) is 6.54 Å². The maximum absolute atomic E-state index is 13.4. The zero-order valence-electron chi connectivity index (χ0n) is 16.7. The molecule has 5 rings (SSSR count). The molecular weight excluding hydrogens is 356 g/mol. The molecule has 1 aromatic rings. The number of carbonyl (C=O) groups excluding carboxylic acids is 2. The number of nitrogens with one attached hydrogen (secondary N) is 1. The summed E-state index contributed by atoms with van der Waals surface area (Å²) in [4.78, 5) is 29.4. The van der Waals surface area contributed by atoms with Crippen LogP contribution in [0.25, 0.3) is 0 Å². The van der Waals surface area contributed by atoms with Crippen molar-refractivity contribution in [2.45, 2.75) is 65.0 Å². The van der Waals surface area contributed by atoms with Crippen LogP contribution in [0.2, 0.25) is 0 Å². The van der Waals surface area contributed by atoms with Crippen LogP contribution in [0, 0.1) is 29.1 Å². The van der Waals surface area contributed by atoms with E-state index in [0.717, 1.165) is 37.0 Å². The Balaban J connectivity index is 1.45. The largest absolute Gasteiger partial charge is 0.344 e. The van der Waals surface area contributed by atoms with Crippen molar-refractivity contribution in [1.82, 2.24) is 10.2 Å². The fourth-order valence-electron chi connectivity index (χ4n) is 6.15. The van der Waals surface area contributed by atoms with Crippen molar-refractivity contribution < 1.29 is 9.59 Å². The average Bonchev–Trinajstić information content (AvgIpc) is 3.10. The maximum Gasteiger partial charge on any atom is 0.245 e. The Labute approximate surface area is 166 Å². The van der Waals surface area contributed by atoms with Crippen LogP contribution in [0.15, 0.2) is 17.5 Å². The van der Waals surface area contributed by atoms with Crippen molar-refractivity contribution in [2.24, 2.45) is 29.1 Å². The van der Waals surface area contributed by atoms with E-state index in [1.165, 1.54) is 24.1 Å². The molecule has 4 fully saturated rings. The lowest BCUT2D eigenvalue weighted by Gasteiger charge is -2.56. The molecular formula is C22H32N2O2S. The first-order chi connectivity index (χ1) is 12.9. The smallest absolute Gasteiger partial charge is 0.245 e. The summed E-state index contributed by atoms with van der Waals surface area (Å²) in [7, 11) is 1.84. The van der Waals surface area contributed by atoms with Gasteiger partial charge in [0.05, 0.1) is 6.54 Å². The predicted molar refractivity (Wildman–Crippen MR) is 108 cm³/mol. The van der Waals surface area contributed by atoms with Crippen LogP contribution < -0.4 is 5.32 Å². The van der Waals surface area contributed by atoms with E-state index in [-0.39, 0.29) is 23.1 Å². The van der Waals surface area contributed by atoms with Gasteiger partial charge in [-0.15, -0.1) is 11.3 Å². The number of amides is 2. The number of thiophene rings is 1. The minimum absolute atomic E-state index is 0.0245. The van der Waals surface area contributed by atoms with Gasteiger partial charge in [-0.05, 0) is 73.6 Å². The highest BCUT2D eigenvalue weighted by molar-refractivity contribution is 7.09. The molecule has 1 aromatic heterocycles. The number of hydrogen-bond acceptors (Lipinski definition) is 3. The quantitative estimate of drug-likeness (QED) is 0.799. The highest BCUT2D eigenvalue weighted by atomic mass is 32.1. The number of likely N-dealkylation sites (N-methyl/N-ethyl adjacent to an activating group) is 1. The first kappa shape index (κ1) is 19.0. The van der Waals surface area contributed by atoms with Gasteiger partial charge in [-0.25, -0.2) is 0 Å². The predicted octanol–water partition coefficient (Wildman–Crippen LogP) is 4.06. The van der Waals surface area contributed by atoms with Gasteiger partial charge in [0.2, 0.25) is 11.8 Å². The summed E-state index contributed by atoms with van der Waals surface area (Å²) in [5.74, 6) is 2.46. The fraction of sp³-hybridized carbons (Fsp3) is 0.727. The second-order valence-corrected chi connectivity index (χ2v) is 10.7. The molecule has 1 unspecified atom stereocenters. The van der Waals surface area contributed by atoms with Crippen molar-refractivity contribution in [2.75, 3.05) is 7.05 Å². The Morgan fingerprint density at radius 3 is 2.26 bits per heavy atom. The summed E-state index contributed by atoms with van der Waals surface area (Å²) in [5.41, 5.74) is -0.200. The van der Waals surface area contributed by atoms with Crippen molar-refractivity contribution in [1.29, 1.82) is 0 Å². The van der Waals surface area contributed by atoms with Crippen LogP contribution in [-0.4, -0.2) is 29.8 Å². The molecule has 0 aliphatic heterocycles. The van der Waals surface area contributed by atoms with Crippen LogP contribution in [0.3, 0.4) is 0 Å². The second-order valence-electron chi connectivity index (χ2n) is 9.67. The van der Waals surface area contributed by atoms with E-state index in [1.54, 1.807) is 16.2 Å². The molecule has 1 heterocycles. The SMILES string of the molecule is CC(C)C(NC(=O)C12CC3CC(CC(C3)C1)C2)C(=O)N(C)Cc1cccs1. The van der Waals surface area contributed by atoms with Gasteiger partial charge in [0.15, 0.2) is 0 Å². The Kier molecular flexibility index (Phi) is 5.08. The van der Waals surface area contributed by atoms with E-state index in [2.05, 4.69) is 5.32 Å². The van der Waals surface area contributed by atoms with Gasteiger partial charge in [-0.3, -0.25) is 9.59 Å². The first-order valence-corrected chi connectivity index (χ1v) is 11.3. The molecule has 0 spiro atoms. The van der Waals surface area contributed by atoms with Crippen LogP contribution in [0.4, 0.5) is 0 Å². The standard InChI is InChI=1S/C22H32N2O2S/c1-14(2)19(20(25)24(3)13-18-5-4-6-27-18)23-21(26)22-10-15-7-16(11-22)9-17(8-15)12-22/h4-6,14-17,19H,7-13H2,1-3H3,(H,23,26). The number of carbonyl (C=O) groups is 2. The Hall–Kier alpha value is -1.36. The summed E-state index contributed by atoms with van der Waals surface area (Å²) >= 11 is 1.66. The van der Waals surface area contributed by atoms with E-state index in [9.17, 15) is 9.59 Å². The molecule has 2 amide bonds. The monoisotopic (exact) mass is 388 g/mol. The molecule has 27 heavy (non-hydrogen) atoms. The molecule has 148 valence electrons. The van der Waals surface area contributed by atoms with Crippen molar-refractivity contribution in [3.63, 3.8) is 0 Å². The fourth-order valence-corrected chi connectivity index (χ4v) is 6.91. The minimum atomic E-state index is -0.435. The number of nitrogens with zero attached hydrogens (tertiary/aromatic N) is 1. The highest BCUT2D eigenvalue weighted by Crippen LogP contribution is 2.60. The van der Waals surface area contributed by atoms with E-state index in [4.69, 9.17) is 0 Å². The topological polar surface area (TPSA) is 49.4 Å². The van der Waals surface area contributed by atoms with Gasteiger partial charge in [0, 0.05) is 17.3 Å². The van der Waals surface area contributed by atoms with E-state index in [1.807, 2.05) is 38.4 Å². The lowest BCUT2D eigenvalue weighted by atomic mass is 9.49. The third-order valence-electron chi connectivity index (χ3n) is 7.09. The molecule has 0 saturated heterocycles. The van der Waals surface area contributed by atoms with E-state index >= 15 is 0 Å². The molecule has 0 aromatic carbocycles. The van der Waals surface area contributed by atoms with Crippen LogP contribution in [0.5, 0.6) is 0 Å². The molecule has 4 saturated carbocycles. The summed E-state index contributed by atoms with van der Waals surface area (Å²) in [6.45, 7) is 4.66. The number of hydrogen-bond donors (Lipinski definition) is 1. The molecule has 1 N–H and O–H groups in total. The van der Waals surface area contributed by atoms with Crippen LogP contribution in [-0.2, 0) is 16.1 Å². The lowest BCUT2D eigenvalue weighted by Crippen LogP contribution is -2.58. The van der Waals surface area contributed by atoms with E-state index < -0.39 is 6.04 Å². The second kappa shape index (κ2) is 7.23. The normalized spacial score (nSPS) is 32.5. The van der Waals surface area contributed by atoms with Gasteiger partial charge < -0.3 is 10.2 Å². The zero-order chi connectivity index (χ0) is 19.2. The van der Waals surface area contributed by atoms with Gasteiger partial charge in [0.1, 0.15) is 6.04 Å². The van der Waals surface area contributed by atoms with Gasteiger partial charge in [-0.2, -0.15) is 0 Å². The van der Waals surface area contributed by atoms with Crippen molar-refractivity contribution in [3.05, 3.63) is 22.4 Å². The summed E-state index contributed by atoms with van der Waals surface area (Å²) in [5, 5.41) is 5.24. The Morgan fingerprint density at radius 1 is 1.19 bits per heavy atom. The molecule has 1 atom stereocenters. The first-order valence-electron chi connectivity index (χ1n) is 10.4. The van der Waals surface area contributed by atoms with Crippen LogP contribution in [0.1, 0.15) is 57.2 Å². The summed E-state index contributed by atoms with van der Waals surface area (Å²) < 4.78 is 0. The molecule has 4 aliphatic carbocycles. The lowest BCUT2D eigenvalue weighted by molar-refractivity contribution is -0.150. The molecule has 4 bridgehead atoms. The summed E-state index contributed by atoms with van der Waals surface area (Å²) in [6.07, 6.45) is 7.08. The maximum atomic E-state index is 13.4. The number of rotatable bonds is 6. The average molecular weight is 389 g/mol.